The van der Waals surface area contributed by atoms with Gasteiger partial charge in [0.25, 0.3) is 0 Å². The Morgan fingerprint density at radius 1 is 0.438 bits per heavy atom. The smallest absolute Gasteiger partial charge is 0.0710 e. The van der Waals surface area contributed by atoms with Gasteiger partial charge in [0.1, 0.15) is 0 Å². The van der Waals surface area contributed by atoms with Crippen molar-refractivity contribution < 1.29 is 0 Å². The number of para-hydroxylation sites is 5. The molecule has 0 saturated heterocycles. The van der Waals surface area contributed by atoms with Crippen molar-refractivity contribution in [3.8, 4) is 22.5 Å². The maximum absolute atomic E-state index is 5.13. The topological polar surface area (TPSA) is 48.1 Å². The van der Waals surface area contributed by atoms with Crippen molar-refractivity contribution in [3.05, 3.63) is 262 Å². The van der Waals surface area contributed by atoms with Crippen LogP contribution in [0.25, 0.3) is 44.3 Å². The second kappa shape index (κ2) is 19.7. The van der Waals surface area contributed by atoms with Crippen LogP contribution in [0.1, 0.15) is 0 Å². The average molecular weight is 844 g/mol. The van der Waals surface area contributed by atoms with Gasteiger partial charge in [-0.2, -0.15) is 0 Å². The molecule has 0 aliphatic carbocycles. The van der Waals surface area contributed by atoms with Crippen LogP contribution in [0.3, 0.4) is 0 Å². The van der Waals surface area contributed by atoms with Gasteiger partial charge in [0.15, 0.2) is 0 Å². The van der Waals surface area contributed by atoms with E-state index in [1.807, 2.05) is 42.5 Å². The van der Waals surface area contributed by atoms with Crippen LogP contribution >= 0.6 is 8.58 Å². The van der Waals surface area contributed by atoms with Gasteiger partial charge in [-0.05, 0) is 118 Å². The Hall–Kier alpha value is -8.11. The predicted octanol–water partition coefficient (Wildman–Crippen LogP) is 14.6. The number of aromatic nitrogens is 3. The lowest BCUT2D eigenvalue weighted by Gasteiger charge is -2.26. The van der Waals surface area contributed by atoms with Gasteiger partial charge in [-0.3, -0.25) is 0 Å². The molecule has 1 unspecified atom stereocenters. The van der Waals surface area contributed by atoms with E-state index >= 15 is 0 Å². The molecule has 10 aromatic rings. The first-order valence-corrected chi connectivity index (χ1v) is 22.2. The highest BCUT2D eigenvalue weighted by molar-refractivity contribution is 7.54. The second-order valence-electron chi connectivity index (χ2n) is 15.0. The molecule has 0 aliphatic heterocycles. The number of rotatable bonds is 12. The van der Waals surface area contributed by atoms with E-state index in [1.165, 1.54) is 21.8 Å². The summed E-state index contributed by atoms with van der Waals surface area (Å²) in [6, 6.07) is 77.4. The van der Waals surface area contributed by atoms with Crippen LogP contribution in [-0.4, -0.2) is 15.0 Å². The Morgan fingerprint density at radius 2 is 0.875 bits per heavy atom. The third-order valence-corrected chi connectivity index (χ3v) is 11.8. The van der Waals surface area contributed by atoms with Crippen LogP contribution in [-0.2, 0) is 0 Å². The van der Waals surface area contributed by atoms with Crippen molar-refractivity contribution in [1.29, 1.82) is 0 Å². The highest BCUT2D eigenvalue weighted by Crippen LogP contribution is 2.37. The molecule has 6 heteroatoms. The lowest BCUT2D eigenvalue weighted by atomic mass is 10.1. The van der Waals surface area contributed by atoms with Crippen LogP contribution in [0, 0.1) is 0 Å². The Morgan fingerprint density at radius 3 is 1.39 bits per heavy atom. The lowest BCUT2D eigenvalue weighted by Crippen LogP contribution is -2.15. The van der Waals surface area contributed by atoms with Gasteiger partial charge >= 0.3 is 0 Å². The van der Waals surface area contributed by atoms with E-state index in [9.17, 15) is 0 Å². The molecule has 3 heterocycles. The first kappa shape index (κ1) is 41.3. The molecule has 1 N–H and O–H groups in total. The first-order chi connectivity index (χ1) is 31.6. The summed E-state index contributed by atoms with van der Waals surface area (Å²) in [5, 5.41) is 2.61. The highest BCUT2D eigenvalue weighted by atomic mass is 31.1. The number of fused-ring (bicyclic) bond motifs is 3. The summed E-state index contributed by atoms with van der Waals surface area (Å²) >= 11 is 0. The maximum Gasteiger partial charge on any atom is 0.0710 e. The molecule has 308 valence electrons. The van der Waals surface area contributed by atoms with Crippen molar-refractivity contribution in [2.24, 2.45) is 0 Å². The Kier molecular flexibility index (Phi) is 12.7. The number of anilines is 5. The molecule has 0 saturated carbocycles. The van der Waals surface area contributed by atoms with Gasteiger partial charge in [-0.1, -0.05) is 147 Å². The number of hydrogen-bond acceptors (Lipinski definition) is 4. The van der Waals surface area contributed by atoms with Crippen LogP contribution in [0.2, 0.25) is 0 Å². The number of allylic oxidation sites excluding steroid dienone is 3. The molecule has 0 aliphatic rings. The Bertz CT molecular complexity index is 3110. The zero-order chi connectivity index (χ0) is 43.5. The first-order valence-electron chi connectivity index (χ1n) is 21.2. The summed E-state index contributed by atoms with van der Waals surface area (Å²) in [7, 11) is 0.296. The van der Waals surface area contributed by atoms with Gasteiger partial charge in [0.05, 0.1) is 22.3 Å². The van der Waals surface area contributed by atoms with Crippen LogP contribution in [0.15, 0.2) is 262 Å². The Labute approximate surface area is 376 Å². The van der Waals surface area contributed by atoms with E-state index < -0.39 is 0 Å². The monoisotopic (exact) mass is 843 g/mol. The normalized spacial score (nSPS) is 11.3. The van der Waals surface area contributed by atoms with Crippen LogP contribution in [0.5, 0.6) is 0 Å². The summed E-state index contributed by atoms with van der Waals surface area (Å²) in [5.74, 6) is 0. The summed E-state index contributed by atoms with van der Waals surface area (Å²) < 4.78 is 0. The summed E-state index contributed by atoms with van der Waals surface area (Å²) in [4.78, 5) is 18.1. The minimum atomic E-state index is 0.296. The number of hydrogen-bond donors (Lipinski definition) is 1. The van der Waals surface area contributed by atoms with E-state index in [0.29, 0.717) is 8.58 Å². The van der Waals surface area contributed by atoms with Gasteiger partial charge in [-0.25, -0.2) is 9.97 Å². The fourth-order valence-electron chi connectivity index (χ4n) is 7.85. The van der Waals surface area contributed by atoms with Crippen molar-refractivity contribution >= 4 is 69.7 Å². The summed E-state index contributed by atoms with van der Waals surface area (Å²) in [5.41, 5.74) is 14.6. The number of pyridine rings is 2. The predicted molar refractivity (Wildman–Crippen MR) is 274 cm³/mol. The molecule has 0 radical (unpaired) electrons. The highest BCUT2D eigenvalue weighted by Gasteiger charge is 2.16. The molecule has 1 atom stereocenters. The van der Waals surface area contributed by atoms with Crippen molar-refractivity contribution in [1.82, 2.24) is 15.0 Å². The van der Waals surface area contributed by atoms with E-state index in [4.69, 9.17) is 9.97 Å². The molecule has 7 aromatic carbocycles. The van der Waals surface area contributed by atoms with Crippen molar-refractivity contribution in [2.45, 2.75) is 0 Å². The van der Waals surface area contributed by atoms with E-state index in [-0.39, 0.29) is 0 Å². The van der Waals surface area contributed by atoms with Crippen molar-refractivity contribution in [3.63, 3.8) is 0 Å². The third kappa shape index (κ3) is 9.36. The molecule has 0 spiro atoms. The fraction of sp³-hybridized carbons (Fsp3) is 0. The molecular formula is C58H46N5P. The minimum absolute atomic E-state index is 0.296. The van der Waals surface area contributed by atoms with E-state index in [2.05, 4.69) is 222 Å². The average Bonchev–Trinajstić information content (AvgIpc) is 3.74. The van der Waals surface area contributed by atoms with E-state index in [0.717, 1.165) is 67.5 Å². The van der Waals surface area contributed by atoms with Crippen LogP contribution in [0.4, 0.5) is 28.4 Å². The third-order valence-electron chi connectivity index (χ3n) is 10.8. The van der Waals surface area contributed by atoms with E-state index in [1.54, 1.807) is 6.08 Å². The quantitative estimate of drug-likeness (QED) is 0.0983. The number of nitrogens with zero attached hydrogens (tertiary/aromatic N) is 4. The molecule has 10 rings (SSSR count). The summed E-state index contributed by atoms with van der Waals surface area (Å²) in [6.45, 7) is 7.99. The summed E-state index contributed by atoms with van der Waals surface area (Å²) in [6.07, 6.45) is 5.60. The minimum Gasteiger partial charge on any atom is -0.355 e. The molecule has 0 bridgehead atoms. The zero-order valence-corrected chi connectivity index (χ0v) is 36.3. The lowest BCUT2D eigenvalue weighted by molar-refractivity contribution is 1.21. The number of aromatic amines is 1. The molecule has 0 fully saturated rings. The molecule has 0 amide bonds. The van der Waals surface area contributed by atoms with Gasteiger partial charge < -0.3 is 14.8 Å². The number of nitrogens with one attached hydrogen (secondary N) is 1. The van der Waals surface area contributed by atoms with Gasteiger partial charge in [0, 0.05) is 67.1 Å². The zero-order valence-electron chi connectivity index (χ0n) is 35.3. The van der Waals surface area contributed by atoms with Crippen molar-refractivity contribution in [2.75, 3.05) is 9.80 Å². The van der Waals surface area contributed by atoms with Gasteiger partial charge in [-0.15, -0.1) is 0 Å². The molecule has 5 nitrogen and oxygen atoms in total. The standard InChI is InChI=1S/C46H37N4P.C12H9N/c1-3-18-37(4-2)49(38-21-8-5-9-22-38)41-27-14-19-35(33-41)43-29-16-31-45(47-43)51-46-32-17-30-44(48-46)36-20-15-28-42(34-36)50(39-23-10-6-11-24-39)40-25-12-7-13-26-40;1-3-7-11-9(5-1)10-6-2-4-8-12(10)13-11/h3-34,51H,1-2H2;1-8,13H/b37-18+;. The molecular weight excluding hydrogens is 798 g/mol. The SMILES string of the molecule is C=C/C=C(\C=C)N(c1ccccc1)c1cccc(-c2cccc(Pc3cccc(-c4cccc(N(c5ccccc5)c5ccccc5)c4)n3)n2)c1.c1ccc2c(c1)[nH]c1ccccc12. The second-order valence-corrected chi connectivity index (χ2v) is 16.2. The maximum atomic E-state index is 5.13. The van der Waals surface area contributed by atoms with Crippen LogP contribution < -0.4 is 20.7 Å². The molecule has 64 heavy (non-hydrogen) atoms. The largest absolute Gasteiger partial charge is 0.355 e. The fourth-order valence-corrected chi connectivity index (χ4v) is 8.82. The molecule has 3 aromatic heterocycles. The number of H-pyrrole nitrogens is 1. The Balaban J connectivity index is 0.000000337. The number of benzene rings is 7. The van der Waals surface area contributed by atoms with Gasteiger partial charge in [0.2, 0.25) is 0 Å².